The summed E-state index contributed by atoms with van der Waals surface area (Å²) < 4.78 is 33.2. The van der Waals surface area contributed by atoms with Crippen LogP contribution in [0.2, 0.25) is 0 Å². The molecule has 5 nitrogen and oxygen atoms in total. The highest BCUT2D eigenvalue weighted by Gasteiger charge is 2.43. The molecule has 1 amide bonds. The van der Waals surface area contributed by atoms with Gasteiger partial charge in [-0.1, -0.05) is 12.1 Å². The summed E-state index contributed by atoms with van der Waals surface area (Å²) in [4.78, 5) is 24.4. The van der Waals surface area contributed by atoms with E-state index in [0.717, 1.165) is 12.1 Å². The Morgan fingerprint density at radius 2 is 1.81 bits per heavy atom. The number of nitrogens with one attached hydrogen (secondary N) is 1. The van der Waals surface area contributed by atoms with E-state index in [4.69, 9.17) is 9.84 Å². The van der Waals surface area contributed by atoms with Crippen LogP contribution in [0.25, 0.3) is 0 Å². The van der Waals surface area contributed by atoms with E-state index in [-0.39, 0.29) is 37.2 Å². The molecule has 2 aromatic carbocycles. The first kappa shape index (κ1) is 19.0. The third-order valence-corrected chi connectivity index (χ3v) is 4.96. The summed E-state index contributed by atoms with van der Waals surface area (Å²) >= 11 is 0. The molecule has 2 aromatic rings. The fourth-order valence-electron chi connectivity index (χ4n) is 3.35. The molecule has 2 N–H and O–H groups in total. The van der Waals surface area contributed by atoms with Gasteiger partial charge in [-0.2, -0.15) is 0 Å². The molecule has 3 rings (SSSR count). The Morgan fingerprint density at radius 3 is 2.44 bits per heavy atom. The van der Waals surface area contributed by atoms with Crippen molar-refractivity contribution in [1.82, 2.24) is 0 Å². The minimum atomic E-state index is -1.22. The molecule has 1 aliphatic heterocycles. The number of aromatic carboxylic acids is 1. The number of carbonyl (C=O) groups is 2. The van der Waals surface area contributed by atoms with Crippen LogP contribution >= 0.6 is 0 Å². The number of ether oxygens (including phenoxy) is 1. The van der Waals surface area contributed by atoms with Crippen molar-refractivity contribution in [2.75, 3.05) is 18.5 Å². The molecule has 0 aliphatic carbocycles. The summed E-state index contributed by atoms with van der Waals surface area (Å²) in [6.07, 6.45) is 0.470. The minimum Gasteiger partial charge on any atom is -0.478 e. The zero-order chi connectivity index (χ0) is 19.6. The molecular weight excluding hydrogens is 356 g/mol. The number of amides is 1. The summed E-state index contributed by atoms with van der Waals surface area (Å²) in [6.45, 7) is 2.26. The van der Waals surface area contributed by atoms with Gasteiger partial charge in [-0.05, 0) is 43.5 Å². The molecule has 0 aromatic heterocycles. The number of carbonyl (C=O) groups excluding carboxylic acids is 1. The van der Waals surface area contributed by atoms with E-state index in [9.17, 15) is 18.4 Å². The van der Waals surface area contributed by atoms with Crippen molar-refractivity contribution < 1.29 is 28.2 Å². The third kappa shape index (κ3) is 3.68. The summed E-state index contributed by atoms with van der Waals surface area (Å²) in [5.74, 6) is -3.09. The van der Waals surface area contributed by atoms with E-state index < -0.39 is 28.9 Å². The number of anilines is 1. The fraction of sp³-hybridized carbons (Fsp3) is 0.300. The van der Waals surface area contributed by atoms with Gasteiger partial charge < -0.3 is 15.2 Å². The maximum Gasteiger partial charge on any atom is 0.335 e. The molecule has 0 saturated carbocycles. The van der Waals surface area contributed by atoms with E-state index in [1.807, 2.05) is 0 Å². The van der Waals surface area contributed by atoms with Crippen LogP contribution in [0.5, 0.6) is 0 Å². The second-order valence-electron chi connectivity index (χ2n) is 6.61. The first-order valence-electron chi connectivity index (χ1n) is 8.52. The Labute approximate surface area is 155 Å². The molecule has 0 bridgehead atoms. The Morgan fingerprint density at radius 1 is 1.11 bits per heavy atom. The van der Waals surface area contributed by atoms with Crippen molar-refractivity contribution in [3.63, 3.8) is 0 Å². The van der Waals surface area contributed by atoms with E-state index in [1.165, 1.54) is 18.2 Å². The highest BCUT2D eigenvalue weighted by Crippen LogP contribution is 2.38. The van der Waals surface area contributed by atoms with Crippen LogP contribution < -0.4 is 5.32 Å². The zero-order valence-electron chi connectivity index (χ0n) is 14.7. The van der Waals surface area contributed by atoms with Crippen molar-refractivity contribution >= 4 is 17.6 Å². The highest BCUT2D eigenvalue weighted by molar-refractivity contribution is 6.01. The normalized spacial score (nSPS) is 16.0. The average molecular weight is 375 g/mol. The van der Waals surface area contributed by atoms with Gasteiger partial charge >= 0.3 is 5.97 Å². The van der Waals surface area contributed by atoms with E-state index in [0.29, 0.717) is 11.3 Å². The van der Waals surface area contributed by atoms with Gasteiger partial charge in [0.25, 0.3) is 0 Å². The Hall–Kier alpha value is -2.80. The molecule has 0 spiro atoms. The van der Waals surface area contributed by atoms with Crippen LogP contribution in [0.15, 0.2) is 36.4 Å². The number of carboxylic acid groups (broad SMARTS) is 1. The number of aryl methyl sites for hydroxylation is 1. The van der Waals surface area contributed by atoms with Crippen molar-refractivity contribution in [3.05, 3.63) is 64.7 Å². The number of hydrogen-bond acceptors (Lipinski definition) is 3. The number of hydrogen-bond donors (Lipinski definition) is 2. The highest BCUT2D eigenvalue weighted by atomic mass is 19.1. The Bertz CT molecular complexity index is 892. The predicted octanol–water partition coefficient (Wildman–Crippen LogP) is 3.66. The molecule has 0 atom stereocenters. The topological polar surface area (TPSA) is 75.6 Å². The van der Waals surface area contributed by atoms with Gasteiger partial charge in [-0.15, -0.1) is 0 Å². The van der Waals surface area contributed by atoms with Gasteiger partial charge in [0.2, 0.25) is 5.91 Å². The maximum absolute atomic E-state index is 14.5. The Kier molecular flexibility index (Phi) is 5.23. The molecular formula is C20H19F2NO4. The zero-order valence-corrected chi connectivity index (χ0v) is 14.7. The first-order chi connectivity index (χ1) is 12.8. The van der Waals surface area contributed by atoms with E-state index >= 15 is 0 Å². The van der Waals surface area contributed by atoms with Crippen LogP contribution in [0, 0.1) is 18.6 Å². The number of benzene rings is 2. The lowest BCUT2D eigenvalue weighted by atomic mass is 9.73. The van der Waals surface area contributed by atoms with Crippen LogP contribution in [0.4, 0.5) is 14.5 Å². The fourth-order valence-corrected chi connectivity index (χ4v) is 3.35. The minimum absolute atomic E-state index is 0.0323. The lowest BCUT2D eigenvalue weighted by molar-refractivity contribution is -0.125. The van der Waals surface area contributed by atoms with Crippen LogP contribution in [-0.4, -0.2) is 30.2 Å². The van der Waals surface area contributed by atoms with Crippen molar-refractivity contribution in [3.8, 4) is 0 Å². The summed E-state index contributed by atoms with van der Waals surface area (Å²) in [6, 6.07) is 7.57. The smallest absolute Gasteiger partial charge is 0.335 e. The van der Waals surface area contributed by atoms with Crippen molar-refractivity contribution in [2.24, 2.45) is 0 Å². The van der Waals surface area contributed by atoms with Gasteiger partial charge in [0.1, 0.15) is 11.6 Å². The molecule has 142 valence electrons. The predicted molar refractivity (Wildman–Crippen MR) is 94.9 cm³/mol. The Balaban J connectivity index is 2.00. The largest absolute Gasteiger partial charge is 0.478 e. The van der Waals surface area contributed by atoms with Crippen molar-refractivity contribution in [1.29, 1.82) is 0 Å². The van der Waals surface area contributed by atoms with Gasteiger partial charge in [-0.3, -0.25) is 4.79 Å². The molecule has 27 heavy (non-hydrogen) atoms. The molecule has 1 saturated heterocycles. The monoisotopic (exact) mass is 375 g/mol. The number of carboxylic acids is 1. The van der Waals surface area contributed by atoms with Crippen LogP contribution in [0.1, 0.15) is 34.3 Å². The average Bonchev–Trinajstić information content (AvgIpc) is 2.63. The quantitative estimate of drug-likeness (QED) is 0.855. The van der Waals surface area contributed by atoms with Gasteiger partial charge in [-0.25, -0.2) is 13.6 Å². The first-order valence-corrected chi connectivity index (χ1v) is 8.52. The SMILES string of the molecule is Cc1ccc(C(=O)O)cc1NC(=O)C1(c2ccc(F)cc2F)CCOCC1. The van der Waals surface area contributed by atoms with Crippen molar-refractivity contribution in [2.45, 2.75) is 25.2 Å². The molecule has 0 unspecified atom stereocenters. The van der Waals surface area contributed by atoms with Gasteiger partial charge in [0, 0.05) is 30.5 Å². The summed E-state index contributed by atoms with van der Waals surface area (Å²) in [5, 5.41) is 11.9. The van der Waals surface area contributed by atoms with Gasteiger partial charge in [0.05, 0.1) is 11.0 Å². The number of halogens is 2. The molecule has 7 heteroatoms. The lowest BCUT2D eigenvalue weighted by Gasteiger charge is -2.36. The van der Waals surface area contributed by atoms with Crippen LogP contribution in [0.3, 0.4) is 0 Å². The third-order valence-electron chi connectivity index (χ3n) is 4.96. The molecule has 1 fully saturated rings. The molecule has 0 radical (unpaired) electrons. The van der Waals surface area contributed by atoms with Crippen LogP contribution in [-0.2, 0) is 14.9 Å². The summed E-state index contributed by atoms with van der Waals surface area (Å²) in [5.41, 5.74) is -0.0631. The van der Waals surface area contributed by atoms with E-state index in [1.54, 1.807) is 13.0 Å². The molecule has 1 aliphatic rings. The lowest BCUT2D eigenvalue weighted by Crippen LogP contribution is -2.45. The maximum atomic E-state index is 14.5. The number of rotatable bonds is 4. The standard InChI is InChI=1S/C20H19F2NO4/c1-12-2-3-13(18(24)25)10-17(12)23-19(26)20(6-8-27-9-7-20)15-5-4-14(21)11-16(15)22/h2-5,10-11H,6-9H2,1H3,(H,23,26)(H,24,25). The second-order valence-corrected chi connectivity index (χ2v) is 6.61. The second kappa shape index (κ2) is 7.44. The van der Waals surface area contributed by atoms with Gasteiger partial charge in [0.15, 0.2) is 0 Å². The summed E-state index contributed by atoms with van der Waals surface area (Å²) in [7, 11) is 0. The van der Waals surface area contributed by atoms with E-state index in [2.05, 4.69) is 5.32 Å². The molecule has 1 heterocycles.